The minimum atomic E-state index is -0.915. The van der Waals surface area contributed by atoms with E-state index < -0.39 is 11.9 Å². The first kappa shape index (κ1) is 26.5. The highest BCUT2D eigenvalue weighted by Crippen LogP contribution is 2.40. The third-order valence-corrected chi connectivity index (χ3v) is 8.41. The standard InChI is InChI=1S/C29H34ClN3O5/c1-17-7-12-22-24(32(17)29(36)38-3)13-14-25-27(22)31-26(33(25)20-8-10-21(37-2)11-9-20)16-23(28(34)35)18-5-4-6-19(30)15-18/h4-6,13-15,17,20-21,23H,7-12,16H2,1-3H3,(H,34,35)/t17-,20?,21?,23+/m0/s1. The number of hydrogen-bond acceptors (Lipinski definition) is 5. The van der Waals surface area contributed by atoms with Gasteiger partial charge in [-0.1, -0.05) is 23.7 Å². The van der Waals surface area contributed by atoms with Crippen LogP contribution in [-0.4, -0.2) is 53.1 Å². The van der Waals surface area contributed by atoms with Crippen LogP contribution in [0.3, 0.4) is 0 Å². The number of imidazole rings is 1. The molecule has 0 saturated heterocycles. The molecular formula is C29H34ClN3O5. The Labute approximate surface area is 227 Å². The Morgan fingerprint density at radius 3 is 2.55 bits per heavy atom. The Hall–Kier alpha value is -3.10. The third-order valence-electron chi connectivity index (χ3n) is 8.18. The molecule has 1 N–H and O–H groups in total. The van der Waals surface area contributed by atoms with Crippen molar-refractivity contribution in [2.24, 2.45) is 0 Å². The average Bonchev–Trinajstić information content (AvgIpc) is 3.29. The van der Waals surface area contributed by atoms with Gasteiger partial charge >= 0.3 is 12.1 Å². The fourth-order valence-corrected chi connectivity index (χ4v) is 6.37. The Bertz CT molecular complexity index is 1350. The summed E-state index contributed by atoms with van der Waals surface area (Å²) >= 11 is 6.22. The predicted molar refractivity (Wildman–Crippen MR) is 146 cm³/mol. The molecule has 202 valence electrons. The Balaban J connectivity index is 1.63. The summed E-state index contributed by atoms with van der Waals surface area (Å²) in [6.45, 7) is 2.02. The van der Waals surface area contributed by atoms with Gasteiger partial charge in [0.05, 0.1) is 35.9 Å². The molecule has 0 unspecified atom stereocenters. The lowest BCUT2D eigenvalue weighted by atomic mass is 9.91. The van der Waals surface area contributed by atoms with Crippen molar-refractivity contribution in [2.75, 3.05) is 19.1 Å². The number of carboxylic acid groups (broad SMARTS) is 1. The van der Waals surface area contributed by atoms with Gasteiger partial charge in [0, 0.05) is 36.2 Å². The minimum absolute atomic E-state index is 0.0116. The molecule has 9 heteroatoms. The molecule has 1 fully saturated rings. The average molecular weight is 540 g/mol. The highest BCUT2D eigenvalue weighted by Gasteiger charge is 2.34. The lowest BCUT2D eigenvalue weighted by Gasteiger charge is -2.34. The smallest absolute Gasteiger partial charge is 0.414 e. The first-order valence-corrected chi connectivity index (χ1v) is 13.6. The van der Waals surface area contributed by atoms with E-state index in [0.29, 0.717) is 10.6 Å². The minimum Gasteiger partial charge on any atom is -0.481 e. The Morgan fingerprint density at radius 2 is 1.89 bits per heavy atom. The molecule has 2 aliphatic rings. The molecule has 1 aliphatic heterocycles. The molecule has 1 aliphatic carbocycles. The number of ether oxygens (including phenoxy) is 2. The number of benzene rings is 2. The number of hydrogen-bond donors (Lipinski definition) is 1. The summed E-state index contributed by atoms with van der Waals surface area (Å²) < 4.78 is 12.9. The molecule has 2 aromatic carbocycles. The number of aromatic nitrogens is 2. The SMILES string of the molecule is COC(=O)N1c2ccc3c(nc(C[C@@H](C(=O)O)c4cccc(Cl)c4)n3C3CCC(OC)CC3)c2CC[C@@H]1C. The summed E-state index contributed by atoms with van der Waals surface area (Å²) in [6.07, 6.45) is 5.40. The molecule has 8 nitrogen and oxygen atoms in total. The number of halogens is 1. The zero-order chi connectivity index (χ0) is 27.0. The van der Waals surface area contributed by atoms with E-state index in [1.165, 1.54) is 7.11 Å². The van der Waals surface area contributed by atoms with Crippen LogP contribution in [-0.2, 0) is 27.1 Å². The number of fused-ring (bicyclic) bond motifs is 3. The summed E-state index contributed by atoms with van der Waals surface area (Å²) in [5, 5.41) is 10.7. The van der Waals surface area contributed by atoms with Gasteiger partial charge in [-0.05, 0) is 75.3 Å². The largest absolute Gasteiger partial charge is 0.481 e. The third kappa shape index (κ3) is 4.87. The van der Waals surface area contributed by atoms with Crippen LogP contribution in [0.4, 0.5) is 10.5 Å². The van der Waals surface area contributed by atoms with E-state index in [0.717, 1.165) is 66.6 Å². The second kappa shape index (κ2) is 10.9. The van der Waals surface area contributed by atoms with E-state index in [1.54, 1.807) is 36.3 Å². The maximum Gasteiger partial charge on any atom is 0.414 e. The predicted octanol–water partition coefficient (Wildman–Crippen LogP) is 6.14. The van der Waals surface area contributed by atoms with E-state index in [1.807, 2.05) is 19.1 Å². The van der Waals surface area contributed by atoms with E-state index in [4.69, 9.17) is 26.1 Å². The molecule has 3 aromatic rings. The van der Waals surface area contributed by atoms with Crippen molar-refractivity contribution in [3.63, 3.8) is 0 Å². The monoisotopic (exact) mass is 539 g/mol. The molecular weight excluding hydrogens is 506 g/mol. The van der Waals surface area contributed by atoms with Gasteiger partial charge in [-0.25, -0.2) is 9.78 Å². The Morgan fingerprint density at radius 1 is 1.13 bits per heavy atom. The summed E-state index contributed by atoms with van der Waals surface area (Å²) in [7, 11) is 3.15. The quantitative estimate of drug-likeness (QED) is 0.404. The highest BCUT2D eigenvalue weighted by molar-refractivity contribution is 6.30. The van der Waals surface area contributed by atoms with Gasteiger partial charge in [-0.15, -0.1) is 0 Å². The van der Waals surface area contributed by atoms with Gasteiger partial charge in [0.25, 0.3) is 0 Å². The van der Waals surface area contributed by atoms with Crippen LogP contribution < -0.4 is 4.90 Å². The second-order valence-corrected chi connectivity index (χ2v) is 10.8. The maximum absolute atomic E-state index is 12.6. The van der Waals surface area contributed by atoms with Gasteiger partial charge in [0.15, 0.2) is 0 Å². The highest BCUT2D eigenvalue weighted by atomic mass is 35.5. The van der Waals surface area contributed by atoms with Gasteiger partial charge in [0.1, 0.15) is 5.82 Å². The van der Waals surface area contributed by atoms with Crippen molar-refractivity contribution in [1.29, 1.82) is 0 Å². The Kier molecular flexibility index (Phi) is 7.63. The molecule has 38 heavy (non-hydrogen) atoms. The van der Waals surface area contributed by atoms with Crippen molar-refractivity contribution in [1.82, 2.24) is 9.55 Å². The molecule has 1 aromatic heterocycles. The van der Waals surface area contributed by atoms with Crippen LogP contribution in [0, 0.1) is 0 Å². The number of carbonyl (C=O) groups excluding carboxylic acids is 1. The van der Waals surface area contributed by atoms with E-state index >= 15 is 0 Å². The van der Waals surface area contributed by atoms with Crippen LogP contribution >= 0.6 is 11.6 Å². The molecule has 2 atom stereocenters. The lowest BCUT2D eigenvalue weighted by molar-refractivity contribution is -0.138. The number of rotatable bonds is 6. The number of nitrogens with zero attached hydrogens (tertiary/aromatic N) is 3. The molecule has 5 rings (SSSR count). The summed E-state index contributed by atoms with van der Waals surface area (Å²) in [5.74, 6) is -0.964. The van der Waals surface area contributed by atoms with Gasteiger partial charge in [-0.2, -0.15) is 0 Å². The zero-order valence-corrected chi connectivity index (χ0v) is 22.8. The fraction of sp³-hybridized carbons (Fsp3) is 0.483. The molecule has 1 amide bonds. The second-order valence-electron chi connectivity index (χ2n) is 10.4. The van der Waals surface area contributed by atoms with Gasteiger partial charge < -0.3 is 19.1 Å². The number of methoxy groups -OCH3 is 2. The normalized spacial score (nSPS) is 22.2. The number of carbonyl (C=O) groups is 2. The van der Waals surface area contributed by atoms with Crippen LogP contribution in [0.25, 0.3) is 11.0 Å². The maximum atomic E-state index is 12.6. The lowest BCUT2D eigenvalue weighted by Crippen LogP contribution is -2.42. The van der Waals surface area contributed by atoms with Crippen molar-refractivity contribution in [3.8, 4) is 0 Å². The number of amides is 1. The first-order valence-electron chi connectivity index (χ1n) is 13.2. The van der Waals surface area contributed by atoms with E-state index in [-0.39, 0.29) is 30.7 Å². The van der Waals surface area contributed by atoms with Gasteiger partial charge in [0.2, 0.25) is 0 Å². The van der Waals surface area contributed by atoms with Crippen LogP contribution in [0.1, 0.15) is 67.9 Å². The van der Waals surface area contributed by atoms with Crippen molar-refractivity contribution < 1.29 is 24.2 Å². The number of carboxylic acids is 1. The van der Waals surface area contributed by atoms with Gasteiger partial charge in [-0.3, -0.25) is 9.69 Å². The molecule has 1 saturated carbocycles. The zero-order valence-electron chi connectivity index (χ0n) is 22.0. The number of aryl methyl sites for hydroxylation is 1. The van der Waals surface area contributed by atoms with Crippen molar-refractivity contribution >= 4 is 40.4 Å². The van der Waals surface area contributed by atoms with Crippen LogP contribution in [0.5, 0.6) is 0 Å². The number of aliphatic carboxylic acids is 1. The summed E-state index contributed by atoms with van der Waals surface area (Å²) in [6, 6.07) is 11.3. The van der Waals surface area contributed by atoms with E-state index in [2.05, 4.69) is 4.57 Å². The van der Waals surface area contributed by atoms with Crippen molar-refractivity contribution in [3.05, 3.63) is 58.4 Å². The number of anilines is 1. The summed E-state index contributed by atoms with van der Waals surface area (Å²) in [5.41, 5.74) is 4.29. The molecule has 0 spiro atoms. The first-order chi connectivity index (χ1) is 18.3. The van der Waals surface area contributed by atoms with Crippen molar-refractivity contribution in [2.45, 2.75) is 76.0 Å². The van der Waals surface area contributed by atoms with Crippen LogP contribution in [0.15, 0.2) is 36.4 Å². The molecule has 0 bridgehead atoms. The summed E-state index contributed by atoms with van der Waals surface area (Å²) in [4.78, 5) is 31.9. The van der Waals surface area contributed by atoms with Crippen LogP contribution in [0.2, 0.25) is 5.02 Å². The fourth-order valence-electron chi connectivity index (χ4n) is 6.17. The van der Waals surface area contributed by atoms with E-state index in [9.17, 15) is 14.7 Å². The molecule has 2 heterocycles. The topological polar surface area (TPSA) is 93.9 Å². The molecule has 0 radical (unpaired) electrons.